The number of fused-ring (bicyclic) bond motifs is 1. The first kappa shape index (κ1) is 21.0. The van der Waals surface area contributed by atoms with Crippen LogP contribution in [-0.2, 0) is 6.18 Å². The van der Waals surface area contributed by atoms with Crippen LogP contribution in [0.15, 0.2) is 51.7 Å². The van der Waals surface area contributed by atoms with E-state index in [0.717, 1.165) is 6.07 Å². The van der Waals surface area contributed by atoms with Crippen molar-refractivity contribution in [3.8, 4) is 5.75 Å². The molecule has 0 unspecified atom stereocenters. The van der Waals surface area contributed by atoms with Crippen LogP contribution in [0.1, 0.15) is 5.56 Å². The molecular weight excluding hydrogens is 427 g/mol. The van der Waals surface area contributed by atoms with Gasteiger partial charge >= 0.3 is 11.8 Å². The minimum absolute atomic E-state index is 0.0239. The van der Waals surface area contributed by atoms with Gasteiger partial charge in [0.2, 0.25) is 0 Å². The second-order valence-corrected chi connectivity index (χ2v) is 6.32. The second kappa shape index (κ2) is 7.99. The minimum Gasteiger partial charge on any atom is -0.494 e. The van der Waals surface area contributed by atoms with Gasteiger partial charge in [-0.1, -0.05) is 0 Å². The molecule has 0 bridgehead atoms. The molecule has 8 nitrogen and oxygen atoms in total. The van der Waals surface area contributed by atoms with Crippen molar-refractivity contribution in [1.29, 1.82) is 0 Å². The van der Waals surface area contributed by atoms with Crippen molar-refractivity contribution in [2.24, 2.45) is 0 Å². The molecule has 0 atom stereocenters. The lowest BCUT2D eigenvalue weighted by molar-refractivity contribution is -0.384. The van der Waals surface area contributed by atoms with E-state index in [4.69, 9.17) is 21.4 Å². The summed E-state index contributed by atoms with van der Waals surface area (Å²) in [6, 6.07) is 7.91. The molecule has 0 aliphatic heterocycles. The van der Waals surface area contributed by atoms with Gasteiger partial charge in [-0.3, -0.25) is 10.1 Å². The summed E-state index contributed by atoms with van der Waals surface area (Å²) in [4.78, 5) is 21.8. The zero-order chi connectivity index (χ0) is 22.1. The van der Waals surface area contributed by atoms with E-state index in [1.54, 1.807) is 0 Å². The minimum atomic E-state index is -4.72. The normalized spacial score (nSPS) is 11.2. The van der Waals surface area contributed by atoms with Gasteiger partial charge in [-0.05, 0) is 30.4 Å². The molecule has 3 rings (SSSR count). The van der Waals surface area contributed by atoms with E-state index in [2.05, 4.69) is 10.6 Å². The fourth-order valence-electron chi connectivity index (χ4n) is 2.66. The lowest BCUT2D eigenvalue weighted by atomic mass is 10.1. The molecule has 1 heterocycles. The number of halogens is 3. The van der Waals surface area contributed by atoms with Crippen LogP contribution in [0.2, 0.25) is 0 Å². The lowest BCUT2D eigenvalue weighted by Gasteiger charge is -2.14. The third kappa shape index (κ3) is 4.49. The maximum atomic E-state index is 13.1. The maximum absolute atomic E-state index is 13.1. The molecule has 0 saturated heterocycles. The average Bonchev–Trinajstić information content (AvgIpc) is 2.66. The number of nitro groups is 1. The molecule has 156 valence electrons. The number of rotatable bonds is 4. The fraction of sp³-hybridized carbons (Fsp3) is 0.111. The molecule has 3 aromatic rings. The number of thiocarbonyl (C=S) groups is 1. The molecule has 0 aliphatic rings. The van der Waals surface area contributed by atoms with Crippen molar-refractivity contribution in [2.75, 3.05) is 17.7 Å². The summed E-state index contributed by atoms with van der Waals surface area (Å²) in [6.45, 7) is 0. The Labute approximate surface area is 171 Å². The smallest absolute Gasteiger partial charge is 0.417 e. The van der Waals surface area contributed by atoms with Crippen LogP contribution in [0.3, 0.4) is 0 Å². The van der Waals surface area contributed by atoms with Crippen LogP contribution in [0.4, 0.5) is 30.2 Å². The summed E-state index contributed by atoms with van der Waals surface area (Å²) in [5.74, 6) is 0.160. The number of alkyl halides is 3. The van der Waals surface area contributed by atoms with E-state index >= 15 is 0 Å². The van der Waals surface area contributed by atoms with Crippen molar-refractivity contribution in [2.45, 2.75) is 6.18 Å². The van der Waals surface area contributed by atoms with Crippen molar-refractivity contribution in [1.82, 2.24) is 0 Å². The number of anilines is 2. The summed E-state index contributed by atoms with van der Waals surface area (Å²) >= 11 is 5.16. The highest BCUT2D eigenvalue weighted by molar-refractivity contribution is 7.80. The van der Waals surface area contributed by atoms with Gasteiger partial charge in [-0.15, -0.1) is 0 Å². The molecule has 0 spiro atoms. The Kier molecular flexibility index (Phi) is 5.60. The largest absolute Gasteiger partial charge is 0.494 e. The topological polar surface area (TPSA) is 107 Å². The van der Waals surface area contributed by atoms with E-state index in [0.29, 0.717) is 11.8 Å². The maximum Gasteiger partial charge on any atom is 0.417 e. The predicted molar refractivity (Wildman–Crippen MR) is 107 cm³/mol. The van der Waals surface area contributed by atoms with Crippen molar-refractivity contribution < 1.29 is 27.2 Å². The van der Waals surface area contributed by atoms with Crippen LogP contribution in [0.5, 0.6) is 5.75 Å². The summed E-state index contributed by atoms with van der Waals surface area (Å²) < 4.78 is 49.3. The van der Waals surface area contributed by atoms with Crippen LogP contribution < -0.4 is 21.0 Å². The SMILES string of the molecule is COc1cc([N+](=O)[O-])ccc1NC(=S)Nc1ccc2c(C(F)(F)F)cc(=O)oc2c1. The number of nitrogens with one attached hydrogen (secondary N) is 2. The standard InChI is InChI=1S/C18H12F3N3O5S/c1-28-15-7-10(24(26)27)3-5-13(15)23-17(30)22-9-2-4-11-12(18(19,20)21)8-16(25)29-14(11)6-9/h2-8H,1H3,(H2,22,23,30). The van der Waals surface area contributed by atoms with Gasteiger partial charge < -0.3 is 19.8 Å². The molecule has 0 aliphatic carbocycles. The number of benzene rings is 2. The summed E-state index contributed by atoms with van der Waals surface area (Å²) in [5.41, 5.74) is -2.10. The Morgan fingerprint density at radius 2 is 1.90 bits per heavy atom. The number of non-ortho nitro benzene ring substituents is 1. The predicted octanol–water partition coefficient (Wildman–Crippen LogP) is 4.54. The first-order chi connectivity index (χ1) is 14.1. The molecule has 12 heteroatoms. The summed E-state index contributed by atoms with van der Waals surface area (Å²) in [7, 11) is 1.32. The highest BCUT2D eigenvalue weighted by Gasteiger charge is 2.33. The monoisotopic (exact) mass is 439 g/mol. The van der Waals surface area contributed by atoms with Gasteiger partial charge in [0.05, 0.1) is 29.4 Å². The van der Waals surface area contributed by atoms with Crippen LogP contribution in [0.25, 0.3) is 11.0 Å². The Balaban J connectivity index is 1.85. The van der Waals surface area contributed by atoms with E-state index in [1.807, 2.05) is 0 Å². The van der Waals surface area contributed by atoms with Crippen LogP contribution in [0, 0.1) is 10.1 Å². The van der Waals surface area contributed by atoms with Crippen molar-refractivity contribution in [3.05, 3.63) is 68.6 Å². The molecular formula is C18H12F3N3O5S. The number of methoxy groups -OCH3 is 1. The van der Waals surface area contributed by atoms with E-state index in [-0.39, 0.29) is 33.2 Å². The molecule has 0 fully saturated rings. The Bertz CT molecular complexity index is 1210. The molecule has 2 N–H and O–H groups in total. The zero-order valence-corrected chi connectivity index (χ0v) is 15.9. The van der Waals surface area contributed by atoms with Crippen molar-refractivity contribution in [3.63, 3.8) is 0 Å². The van der Waals surface area contributed by atoms with E-state index < -0.39 is 22.3 Å². The van der Waals surface area contributed by atoms with Gasteiger partial charge in [-0.25, -0.2) is 4.79 Å². The molecule has 2 aromatic carbocycles. The third-order valence-corrected chi connectivity index (χ3v) is 4.16. The molecule has 0 radical (unpaired) electrons. The molecule has 0 amide bonds. The molecule has 30 heavy (non-hydrogen) atoms. The number of nitrogens with zero attached hydrogens (tertiary/aromatic N) is 1. The highest BCUT2D eigenvalue weighted by atomic mass is 32.1. The van der Waals surface area contributed by atoms with E-state index in [1.165, 1.54) is 37.4 Å². The van der Waals surface area contributed by atoms with Crippen LogP contribution in [-0.4, -0.2) is 17.1 Å². The molecule has 0 saturated carbocycles. The van der Waals surface area contributed by atoms with Gasteiger partial charge in [0.15, 0.2) is 5.11 Å². The molecule has 1 aromatic heterocycles. The van der Waals surface area contributed by atoms with Gasteiger partial charge in [0.1, 0.15) is 11.3 Å². The van der Waals surface area contributed by atoms with Crippen molar-refractivity contribution >= 4 is 45.4 Å². The Morgan fingerprint density at radius 3 is 2.53 bits per heavy atom. The van der Waals surface area contributed by atoms with Crippen LogP contribution >= 0.6 is 12.2 Å². The van der Waals surface area contributed by atoms with E-state index in [9.17, 15) is 28.1 Å². The summed E-state index contributed by atoms with van der Waals surface area (Å²) in [5, 5.41) is 16.1. The highest BCUT2D eigenvalue weighted by Crippen LogP contribution is 2.34. The Morgan fingerprint density at radius 1 is 1.17 bits per heavy atom. The first-order valence-corrected chi connectivity index (χ1v) is 8.55. The first-order valence-electron chi connectivity index (χ1n) is 8.14. The quantitative estimate of drug-likeness (QED) is 0.264. The Hall–Kier alpha value is -3.67. The van der Waals surface area contributed by atoms with Gasteiger partial charge in [-0.2, -0.15) is 13.2 Å². The van der Waals surface area contributed by atoms with Gasteiger partial charge in [0, 0.05) is 29.3 Å². The summed E-state index contributed by atoms with van der Waals surface area (Å²) in [6.07, 6.45) is -4.72. The zero-order valence-electron chi connectivity index (χ0n) is 15.1. The number of hydrogen-bond acceptors (Lipinski definition) is 6. The number of ether oxygens (including phenoxy) is 1. The number of hydrogen-bond donors (Lipinski definition) is 2. The fourth-order valence-corrected chi connectivity index (χ4v) is 2.88. The number of nitro benzene ring substituents is 1. The third-order valence-electron chi connectivity index (χ3n) is 3.95. The lowest BCUT2D eigenvalue weighted by Crippen LogP contribution is -2.19. The van der Waals surface area contributed by atoms with Gasteiger partial charge in [0.25, 0.3) is 5.69 Å². The second-order valence-electron chi connectivity index (χ2n) is 5.91. The average molecular weight is 439 g/mol.